The van der Waals surface area contributed by atoms with Gasteiger partial charge in [0.2, 0.25) is 5.13 Å². The number of aromatic nitrogens is 5. The molecule has 92 valence electrons. The third-order valence-corrected chi connectivity index (χ3v) is 3.45. The summed E-state index contributed by atoms with van der Waals surface area (Å²) >= 11 is 1.43. The summed E-state index contributed by atoms with van der Waals surface area (Å²) in [6.07, 6.45) is 5.05. The second kappa shape index (κ2) is 4.22. The molecule has 8 heteroatoms. The van der Waals surface area contributed by atoms with Gasteiger partial charge in [-0.15, -0.1) is 10.2 Å². The van der Waals surface area contributed by atoms with E-state index >= 15 is 0 Å². The Hall–Kier alpha value is -2.22. The second-order valence-corrected chi connectivity index (χ2v) is 4.71. The van der Waals surface area contributed by atoms with Gasteiger partial charge in [0.05, 0.1) is 12.7 Å². The van der Waals surface area contributed by atoms with Gasteiger partial charge in [-0.1, -0.05) is 11.3 Å². The smallest absolute Gasteiger partial charge is 0.276 e. The third kappa shape index (κ3) is 1.76. The molecule has 0 spiro atoms. The maximum atomic E-state index is 12.1. The van der Waals surface area contributed by atoms with Gasteiger partial charge in [-0.2, -0.15) is 5.10 Å². The summed E-state index contributed by atoms with van der Waals surface area (Å²) in [5, 5.41) is 16.4. The van der Waals surface area contributed by atoms with Crippen LogP contribution in [0.1, 0.15) is 5.01 Å². The van der Waals surface area contributed by atoms with E-state index in [1.54, 1.807) is 40.8 Å². The van der Waals surface area contributed by atoms with E-state index in [0.717, 1.165) is 10.1 Å². The Morgan fingerprint density at radius 3 is 3.06 bits per heavy atom. The summed E-state index contributed by atoms with van der Waals surface area (Å²) < 4.78 is 3.15. The monoisotopic (exact) mass is 262 g/mol. The zero-order valence-corrected chi connectivity index (χ0v) is 10.4. The van der Waals surface area contributed by atoms with E-state index in [1.165, 1.54) is 11.3 Å². The van der Waals surface area contributed by atoms with Crippen LogP contribution in [0.2, 0.25) is 0 Å². The summed E-state index contributed by atoms with van der Waals surface area (Å²) in [5.74, 6) is 0. The van der Waals surface area contributed by atoms with Gasteiger partial charge >= 0.3 is 0 Å². The number of rotatable bonds is 3. The first kappa shape index (κ1) is 10.9. The van der Waals surface area contributed by atoms with E-state index < -0.39 is 0 Å². The van der Waals surface area contributed by atoms with Gasteiger partial charge in [-0.25, -0.2) is 4.52 Å². The largest absolute Gasteiger partial charge is 0.363 e. The Morgan fingerprint density at radius 2 is 2.28 bits per heavy atom. The van der Waals surface area contributed by atoms with Gasteiger partial charge < -0.3 is 9.88 Å². The van der Waals surface area contributed by atoms with Crippen molar-refractivity contribution >= 4 is 22.0 Å². The normalized spacial score (nSPS) is 10.9. The van der Waals surface area contributed by atoms with Crippen LogP contribution in [0, 0.1) is 0 Å². The van der Waals surface area contributed by atoms with Gasteiger partial charge in [0, 0.05) is 19.4 Å². The van der Waals surface area contributed by atoms with E-state index in [0.29, 0.717) is 12.1 Å². The van der Waals surface area contributed by atoms with Crippen LogP contribution in [0.3, 0.4) is 0 Å². The minimum absolute atomic E-state index is 0.0868. The molecular formula is C10H10N6OS. The van der Waals surface area contributed by atoms with Crippen LogP contribution in [-0.4, -0.2) is 31.4 Å². The lowest BCUT2D eigenvalue weighted by molar-refractivity contribution is 0.730. The molecule has 7 nitrogen and oxygen atoms in total. The molecule has 1 N–H and O–H groups in total. The van der Waals surface area contributed by atoms with Crippen molar-refractivity contribution in [1.82, 2.24) is 24.4 Å². The maximum Gasteiger partial charge on any atom is 0.276 e. The van der Waals surface area contributed by atoms with Gasteiger partial charge in [-0.3, -0.25) is 4.79 Å². The van der Waals surface area contributed by atoms with Crippen molar-refractivity contribution in [3.63, 3.8) is 0 Å². The molecular weight excluding hydrogens is 252 g/mol. The lowest BCUT2D eigenvalue weighted by atomic mass is 10.5. The minimum Gasteiger partial charge on any atom is -0.363 e. The summed E-state index contributed by atoms with van der Waals surface area (Å²) in [7, 11) is 1.79. The van der Waals surface area contributed by atoms with Crippen molar-refractivity contribution in [2.45, 2.75) is 6.54 Å². The van der Waals surface area contributed by atoms with Crippen molar-refractivity contribution in [3.05, 3.63) is 40.0 Å². The molecule has 3 aromatic rings. The molecule has 3 rings (SSSR count). The second-order valence-electron chi connectivity index (χ2n) is 3.64. The lowest BCUT2D eigenvalue weighted by Gasteiger charge is -2.02. The molecule has 0 aliphatic heterocycles. The Labute approximate surface area is 106 Å². The SMILES string of the molecule is CNc1nnc(Cn2ccn3nccc3c2=O)s1. The molecule has 0 saturated heterocycles. The van der Waals surface area contributed by atoms with Crippen molar-refractivity contribution in [2.24, 2.45) is 0 Å². The Morgan fingerprint density at radius 1 is 1.39 bits per heavy atom. The summed E-state index contributed by atoms with van der Waals surface area (Å²) in [6, 6.07) is 1.69. The average Bonchev–Trinajstić information content (AvgIpc) is 3.01. The molecule has 0 aromatic carbocycles. The number of hydrogen-bond donors (Lipinski definition) is 1. The highest BCUT2D eigenvalue weighted by atomic mass is 32.1. The van der Waals surface area contributed by atoms with Crippen LogP contribution in [0.5, 0.6) is 0 Å². The predicted molar refractivity (Wildman–Crippen MR) is 68.0 cm³/mol. The first-order valence-electron chi connectivity index (χ1n) is 5.31. The maximum absolute atomic E-state index is 12.1. The van der Waals surface area contributed by atoms with Crippen molar-refractivity contribution in [1.29, 1.82) is 0 Å². The molecule has 0 unspecified atom stereocenters. The molecule has 3 heterocycles. The molecule has 0 radical (unpaired) electrons. The molecule has 0 bridgehead atoms. The quantitative estimate of drug-likeness (QED) is 0.741. The lowest BCUT2D eigenvalue weighted by Crippen LogP contribution is -2.21. The van der Waals surface area contributed by atoms with E-state index in [2.05, 4.69) is 20.6 Å². The van der Waals surface area contributed by atoms with Crippen LogP contribution < -0.4 is 10.9 Å². The molecule has 3 aromatic heterocycles. The molecule has 0 atom stereocenters. The van der Waals surface area contributed by atoms with Crippen LogP contribution in [0.15, 0.2) is 29.5 Å². The highest BCUT2D eigenvalue weighted by Gasteiger charge is 2.07. The summed E-state index contributed by atoms with van der Waals surface area (Å²) in [4.78, 5) is 12.1. The van der Waals surface area contributed by atoms with Gasteiger partial charge in [0.15, 0.2) is 0 Å². The first-order valence-corrected chi connectivity index (χ1v) is 6.12. The Balaban J connectivity index is 1.99. The predicted octanol–water partition coefficient (Wildman–Crippen LogP) is 0.437. The fraction of sp³-hybridized carbons (Fsp3) is 0.200. The van der Waals surface area contributed by atoms with Gasteiger partial charge in [-0.05, 0) is 6.07 Å². The fourth-order valence-corrected chi connectivity index (χ4v) is 2.34. The van der Waals surface area contributed by atoms with Crippen molar-refractivity contribution in [3.8, 4) is 0 Å². The molecule has 0 aliphatic carbocycles. The molecule has 0 aliphatic rings. The van der Waals surface area contributed by atoms with Crippen LogP contribution >= 0.6 is 11.3 Å². The summed E-state index contributed by atoms with van der Waals surface area (Å²) in [6.45, 7) is 0.417. The average molecular weight is 262 g/mol. The molecule has 0 fully saturated rings. The molecule has 0 amide bonds. The number of hydrogen-bond acceptors (Lipinski definition) is 6. The first-order chi connectivity index (χ1) is 8.78. The van der Waals surface area contributed by atoms with Gasteiger partial charge in [0.1, 0.15) is 10.5 Å². The van der Waals surface area contributed by atoms with Crippen molar-refractivity contribution < 1.29 is 0 Å². The zero-order chi connectivity index (χ0) is 12.5. The third-order valence-electron chi connectivity index (χ3n) is 2.52. The molecule has 0 saturated carbocycles. The van der Waals surface area contributed by atoms with E-state index in [4.69, 9.17) is 0 Å². The highest BCUT2D eigenvalue weighted by Crippen LogP contribution is 2.14. The standard InChI is InChI=1S/C10H10N6OS/c1-11-10-14-13-8(18-10)6-15-4-5-16-7(9(15)17)2-3-12-16/h2-5H,6H2,1H3,(H,11,14). The van der Waals surface area contributed by atoms with Gasteiger partial charge in [0.25, 0.3) is 5.56 Å². The fourth-order valence-electron chi connectivity index (χ4n) is 1.65. The van der Waals surface area contributed by atoms with E-state index in [9.17, 15) is 4.79 Å². The topological polar surface area (TPSA) is 77.1 Å². The number of nitrogens with one attached hydrogen (secondary N) is 1. The highest BCUT2D eigenvalue weighted by molar-refractivity contribution is 7.15. The van der Waals surface area contributed by atoms with E-state index in [-0.39, 0.29) is 5.56 Å². The van der Waals surface area contributed by atoms with Crippen LogP contribution in [0.25, 0.3) is 5.52 Å². The Bertz CT molecular complexity index is 742. The Kier molecular flexibility index (Phi) is 2.56. The number of nitrogens with zero attached hydrogens (tertiary/aromatic N) is 5. The van der Waals surface area contributed by atoms with Crippen LogP contribution in [-0.2, 0) is 6.54 Å². The number of fused-ring (bicyclic) bond motifs is 1. The molecule has 18 heavy (non-hydrogen) atoms. The minimum atomic E-state index is -0.0868. The van der Waals surface area contributed by atoms with Crippen molar-refractivity contribution in [2.75, 3.05) is 12.4 Å². The van der Waals surface area contributed by atoms with E-state index in [1.807, 2.05) is 0 Å². The zero-order valence-electron chi connectivity index (χ0n) is 9.57. The summed E-state index contributed by atoms with van der Waals surface area (Å²) in [5.41, 5.74) is 0.465. The number of anilines is 1. The van der Waals surface area contributed by atoms with Crippen LogP contribution in [0.4, 0.5) is 5.13 Å².